The van der Waals surface area contributed by atoms with Gasteiger partial charge in [-0.2, -0.15) is 5.26 Å². The first-order valence-electron chi connectivity index (χ1n) is 8.28. The Hall–Kier alpha value is -3.33. The van der Waals surface area contributed by atoms with Crippen molar-refractivity contribution < 1.29 is 14.3 Å². The highest BCUT2D eigenvalue weighted by Crippen LogP contribution is 2.16. The van der Waals surface area contributed by atoms with Crippen LogP contribution >= 0.6 is 0 Å². The molecule has 2 rings (SSSR count). The topological polar surface area (TPSA) is 91.2 Å². The van der Waals surface area contributed by atoms with Crippen LogP contribution < -0.4 is 15.4 Å². The Morgan fingerprint density at radius 1 is 1.15 bits per heavy atom. The lowest BCUT2D eigenvalue weighted by Gasteiger charge is -2.11. The van der Waals surface area contributed by atoms with Gasteiger partial charge in [0.05, 0.1) is 18.2 Å². The zero-order valence-electron chi connectivity index (χ0n) is 14.8. The van der Waals surface area contributed by atoms with Crippen LogP contribution in [0.25, 0.3) is 0 Å². The molecule has 0 aliphatic heterocycles. The highest BCUT2D eigenvalue weighted by Gasteiger charge is 2.10. The van der Waals surface area contributed by atoms with Gasteiger partial charge < -0.3 is 15.4 Å². The number of carbonyl (C=O) groups excluding carboxylic acids is 2. The van der Waals surface area contributed by atoms with Gasteiger partial charge >= 0.3 is 0 Å². The van der Waals surface area contributed by atoms with Crippen molar-refractivity contribution in [3.63, 3.8) is 0 Å². The predicted molar refractivity (Wildman–Crippen MR) is 97.5 cm³/mol. The van der Waals surface area contributed by atoms with Crippen molar-refractivity contribution >= 4 is 11.8 Å². The summed E-state index contributed by atoms with van der Waals surface area (Å²) in [6.07, 6.45) is 0. The maximum Gasteiger partial charge on any atom is 0.251 e. The Kier molecular flexibility index (Phi) is 6.75. The summed E-state index contributed by atoms with van der Waals surface area (Å²) < 4.78 is 5.69. The normalized spacial score (nSPS) is 10.1. The molecule has 0 fully saturated rings. The number of carbonyl (C=O) groups is 2. The molecule has 0 aromatic heterocycles. The molecule has 0 spiro atoms. The van der Waals surface area contributed by atoms with Crippen LogP contribution in [-0.4, -0.2) is 24.4 Å². The van der Waals surface area contributed by atoms with Crippen LogP contribution in [0, 0.1) is 11.3 Å². The number of ether oxygens (including phenoxy) is 1. The summed E-state index contributed by atoms with van der Waals surface area (Å²) in [6, 6.07) is 16.0. The average molecular weight is 351 g/mol. The fourth-order valence-electron chi connectivity index (χ4n) is 2.28. The van der Waals surface area contributed by atoms with E-state index in [1.807, 2.05) is 26.0 Å². The number of amides is 2. The van der Waals surface area contributed by atoms with Crippen molar-refractivity contribution in [1.82, 2.24) is 10.6 Å². The minimum absolute atomic E-state index is 0.0208. The van der Waals surface area contributed by atoms with Gasteiger partial charge in [0.15, 0.2) is 0 Å². The molecule has 0 aliphatic carbocycles. The highest BCUT2D eigenvalue weighted by molar-refractivity contribution is 5.96. The Morgan fingerprint density at radius 3 is 2.65 bits per heavy atom. The second-order valence-electron chi connectivity index (χ2n) is 5.99. The number of rotatable bonds is 7. The molecule has 0 aliphatic rings. The molecule has 6 heteroatoms. The summed E-state index contributed by atoms with van der Waals surface area (Å²) in [6.45, 7) is 3.85. The van der Waals surface area contributed by atoms with Crippen LogP contribution in [0.5, 0.6) is 5.75 Å². The van der Waals surface area contributed by atoms with Crippen LogP contribution in [0.3, 0.4) is 0 Å². The van der Waals surface area contributed by atoms with E-state index in [4.69, 9.17) is 10.00 Å². The summed E-state index contributed by atoms with van der Waals surface area (Å²) in [5, 5.41) is 14.4. The lowest BCUT2D eigenvalue weighted by molar-refractivity contribution is -0.120. The minimum Gasteiger partial charge on any atom is -0.489 e. The number of hydrogen-bond acceptors (Lipinski definition) is 4. The lowest BCUT2D eigenvalue weighted by Crippen LogP contribution is -2.39. The lowest BCUT2D eigenvalue weighted by atomic mass is 10.1. The van der Waals surface area contributed by atoms with Crippen molar-refractivity contribution in [2.45, 2.75) is 26.5 Å². The van der Waals surface area contributed by atoms with E-state index < -0.39 is 0 Å². The van der Waals surface area contributed by atoms with Crippen LogP contribution in [-0.2, 0) is 11.4 Å². The van der Waals surface area contributed by atoms with Gasteiger partial charge in [0.1, 0.15) is 12.4 Å². The second kappa shape index (κ2) is 9.23. The standard InChI is InChI=1S/C20H21N3O3/c1-14(2)23-19(24)12-22-20(25)15-8-5-9-18(10-15)26-13-17-7-4-3-6-16(17)11-21/h3-10,14H,12-13H2,1-2H3,(H,22,25)(H,23,24). The zero-order chi connectivity index (χ0) is 18.9. The molecule has 6 nitrogen and oxygen atoms in total. The molecule has 2 amide bonds. The molecule has 0 saturated heterocycles. The van der Waals surface area contributed by atoms with E-state index >= 15 is 0 Å². The van der Waals surface area contributed by atoms with E-state index in [-0.39, 0.29) is 31.0 Å². The Balaban J connectivity index is 1.96. The summed E-state index contributed by atoms with van der Waals surface area (Å²) in [5.74, 6) is -0.0855. The van der Waals surface area contributed by atoms with Gasteiger partial charge in [-0.05, 0) is 38.1 Å². The first kappa shape index (κ1) is 19.0. The number of nitrogens with one attached hydrogen (secondary N) is 2. The quantitative estimate of drug-likeness (QED) is 0.801. The largest absolute Gasteiger partial charge is 0.489 e. The zero-order valence-corrected chi connectivity index (χ0v) is 14.8. The first-order valence-corrected chi connectivity index (χ1v) is 8.28. The van der Waals surface area contributed by atoms with Crippen LogP contribution in [0.15, 0.2) is 48.5 Å². The van der Waals surface area contributed by atoms with Gasteiger partial charge in [-0.25, -0.2) is 0 Å². The molecule has 2 N–H and O–H groups in total. The van der Waals surface area contributed by atoms with Crippen molar-refractivity contribution in [2.75, 3.05) is 6.54 Å². The average Bonchev–Trinajstić information content (AvgIpc) is 2.64. The molecular weight excluding hydrogens is 330 g/mol. The number of benzene rings is 2. The fraction of sp³-hybridized carbons (Fsp3) is 0.250. The highest BCUT2D eigenvalue weighted by atomic mass is 16.5. The Labute approximate surface area is 152 Å². The van der Waals surface area contributed by atoms with Gasteiger partial charge in [0.2, 0.25) is 5.91 Å². The maximum absolute atomic E-state index is 12.2. The molecule has 26 heavy (non-hydrogen) atoms. The monoisotopic (exact) mass is 351 g/mol. The Morgan fingerprint density at radius 2 is 1.92 bits per heavy atom. The molecule has 0 radical (unpaired) electrons. The van der Waals surface area contributed by atoms with Crippen molar-refractivity contribution in [2.24, 2.45) is 0 Å². The summed E-state index contributed by atoms with van der Waals surface area (Å²) in [4.78, 5) is 23.8. The summed E-state index contributed by atoms with van der Waals surface area (Å²) in [7, 11) is 0. The number of hydrogen-bond donors (Lipinski definition) is 2. The molecular formula is C20H21N3O3. The fourth-order valence-corrected chi connectivity index (χ4v) is 2.28. The van der Waals surface area contributed by atoms with Gasteiger partial charge in [0.25, 0.3) is 5.91 Å². The van der Waals surface area contributed by atoms with Crippen LogP contribution in [0.4, 0.5) is 0 Å². The van der Waals surface area contributed by atoms with Gasteiger partial charge in [-0.1, -0.05) is 24.3 Å². The van der Waals surface area contributed by atoms with E-state index in [2.05, 4.69) is 16.7 Å². The molecule has 2 aromatic rings. The van der Waals surface area contributed by atoms with E-state index in [9.17, 15) is 9.59 Å². The summed E-state index contributed by atoms with van der Waals surface area (Å²) in [5.41, 5.74) is 1.72. The van der Waals surface area contributed by atoms with E-state index in [0.717, 1.165) is 5.56 Å². The van der Waals surface area contributed by atoms with Crippen LogP contribution in [0.2, 0.25) is 0 Å². The third-order valence-electron chi connectivity index (χ3n) is 3.49. The summed E-state index contributed by atoms with van der Waals surface area (Å²) >= 11 is 0. The van der Waals surface area contributed by atoms with Gasteiger partial charge in [0, 0.05) is 17.2 Å². The predicted octanol–water partition coefficient (Wildman–Crippen LogP) is 2.39. The molecule has 2 aromatic carbocycles. The SMILES string of the molecule is CC(C)NC(=O)CNC(=O)c1cccc(OCc2ccccc2C#N)c1. The third kappa shape index (κ3) is 5.64. The third-order valence-corrected chi connectivity index (χ3v) is 3.49. The van der Waals surface area contributed by atoms with Gasteiger partial charge in [-0.3, -0.25) is 9.59 Å². The van der Waals surface area contributed by atoms with E-state index in [1.165, 1.54) is 0 Å². The van der Waals surface area contributed by atoms with E-state index in [0.29, 0.717) is 16.9 Å². The maximum atomic E-state index is 12.2. The minimum atomic E-state index is -0.355. The molecule has 134 valence electrons. The van der Waals surface area contributed by atoms with Gasteiger partial charge in [-0.15, -0.1) is 0 Å². The van der Waals surface area contributed by atoms with E-state index in [1.54, 1.807) is 36.4 Å². The number of nitrogens with zero attached hydrogens (tertiary/aromatic N) is 1. The van der Waals surface area contributed by atoms with Crippen LogP contribution in [0.1, 0.15) is 35.3 Å². The van der Waals surface area contributed by atoms with Crippen molar-refractivity contribution in [3.8, 4) is 11.8 Å². The smallest absolute Gasteiger partial charge is 0.251 e. The molecule has 0 heterocycles. The molecule has 0 saturated carbocycles. The molecule has 0 unspecified atom stereocenters. The molecule has 0 bridgehead atoms. The van der Waals surface area contributed by atoms with Crippen molar-refractivity contribution in [3.05, 3.63) is 65.2 Å². The Bertz CT molecular complexity index is 825. The number of nitriles is 1. The van der Waals surface area contributed by atoms with Crippen molar-refractivity contribution in [1.29, 1.82) is 5.26 Å². The second-order valence-corrected chi connectivity index (χ2v) is 5.99. The first-order chi connectivity index (χ1) is 12.5. The molecule has 0 atom stereocenters.